The number of carbonyl (C=O) groups excluding carboxylic acids is 1. The maximum absolute atomic E-state index is 13.0. The number of benzene rings is 1. The second-order valence-electron chi connectivity index (χ2n) is 7.82. The van der Waals surface area contributed by atoms with Gasteiger partial charge in [0.05, 0.1) is 17.0 Å². The van der Waals surface area contributed by atoms with Crippen LogP contribution in [0, 0.1) is 5.92 Å². The Balaban J connectivity index is 1.80. The molecule has 2 heterocycles. The zero-order chi connectivity index (χ0) is 20.6. The van der Waals surface area contributed by atoms with Gasteiger partial charge in [-0.25, -0.2) is 8.42 Å². The second-order valence-corrected chi connectivity index (χ2v) is 10.9. The molecule has 1 amide bonds. The van der Waals surface area contributed by atoms with Crippen LogP contribution in [0.3, 0.4) is 0 Å². The molecular weight excluding hydrogens is 404 g/mol. The van der Waals surface area contributed by atoms with E-state index in [2.05, 4.69) is 24.1 Å². The van der Waals surface area contributed by atoms with Gasteiger partial charge in [-0.2, -0.15) is 0 Å². The molecule has 1 aliphatic carbocycles. The minimum atomic E-state index is -3.47. The van der Waals surface area contributed by atoms with Crippen molar-refractivity contribution in [2.24, 2.45) is 5.92 Å². The Bertz CT molecular complexity index is 1100. The van der Waals surface area contributed by atoms with Gasteiger partial charge in [-0.05, 0) is 34.6 Å². The Morgan fingerprint density at radius 1 is 1.14 bits per heavy atom. The van der Waals surface area contributed by atoms with Crippen LogP contribution in [0.5, 0.6) is 0 Å². The van der Waals surface area contributed by atoms with Gasteiger partial charge in [0.25, 0.3) is 5.91 Å². The van der Waals surface area contributed by atoms with E-state index in [0.29, 0.717) is 28.8 Å². The average Bonchev–Trinajstić information content (AvgIpc) is 2.99. The largest absolute Gasteiger partial charge is 0.368 e. The molecule has 0 aromatic heterocycles. The van der Waals surface area contributed by atoms with Gasteiger partial charge in [-0.1, -0.05) is 44.2 Å². The summed E-state index contributed by atoms with van der Waals surface area (Å²) in [4.78, 5) is 14.8. The Morgan fingerprint density at radius 2 is 1.90 bits per heavy atom. The fourth-order valence-electron chi connectivity index (χ4n) is 3.78. The van der Waals surface area contributed by atoms with E-state index in [9.17, 15) is 13.2 Å². The summed E-state index contributed by atoms with van der Waals surface area (Å²) in [6.07, 6.45) is 0. The van der Waals surface area contributed by atoms with Crippen LogP contribution >= 0.6 is 11.3 Å². The first kappa shape index (κ1) is 19.9. The highest BCUT2D eigenvalue weighted by Gasteiger charge is 2.29. The topological polar surface area (TPSA) is 66.5 Å². The molecule has 2 aliphatic heterocycles. The van der Waals surface area contributed by atoms with Crippen molar-refractivity contribution in [2.45, 2.75) is 23.8 Å². The molecule has 0 unspecified atom stereocenters. The Hall–Kier alpha value is -2.38. The Kier molecular flexibility index (Phi) is 5.36. The van der Waals surface area contributed by atoms with E-state index in [0.717, 1.165) is 28.9 Å². The lowest BCUT2D eigenvalue weighted by atomic mass is 10.1. The molecule has 7 heteroatoms. The van der Waals surface area contributed by atoms with Gasteiger partial charge in [-0.15, -0.1) is 11.3 Å². The van der Waals surface area contributed by atoms with Crippen LogP contribution in [0.15, 0.2) is 52.1 Å². The van der Waals surface area contributed by atoms with Crippen LogP contribution in [0.1, 0.15) is 29.8 Å². The maximum atomic E-state index is 13.0. The van der Waals surface area contributed by atoms with E-state index in [-0.39, 0.29) is 11.7 Å². The third kappa shape index (κ3) is 4.02. The number of rotatable bonds is 5. The third-order valence-corrected chi connectivity index (χ3v) is 8.22. The fourth-order valence-corrected chi connectivity index (χ4v) is 6.38. The van der Waals surface area contributed by atoms with E-state index < -0.39 is 9.84 Å². The molecular formula is C22H24N2O3S2. The molecule has 1 aromatic carbocycles. The molecule has 0 bridgehead atoms. The van der Waals surface area contributed by atoms with Gasteiger partial charge in [0, 0.05) is 25.2 Å². The first-order valence-corrected chi connectivity index (χ1v) is 12.2. The fraction of sp³-hybridized carbons (Fsp3) is 0.318. The minimum Gasteiger partial charge on any atom is -0.368 e. The lowest BCUT2D eigenvalue weighted by molar-refractivity contribution is 0.0958. The molecule has 0 saturated heterocycles. The molecule has 4 rings (SSSR count). The van der Waals surface area contributed by atoms with E-state index in [1.54, 1.807) is 6.07 Å². The van der Waals surface area contributed by atoms with Crippen molar-refractivity contribution in [1.29, 1.82) is 0 Å². The van der Waals surface area contributed by atoms with Gasteiger partial charge in [-0.3, -0.25) is 4.79 Å². The highest BCUT2D eigenvalue weighted by Crippen LogP contribution is 2.43. The number of fused-ring (bicyclic) bond motifs is 3. The van der Waals surface area contributed by atoms with Crippen molar-refractivity contribution in [1.82, 2.24) is 5.32 Å². The monoisotopic (exact) mass is 428 g/mol. The van der Waals surface area contributed by atoms with Crippen LogP contribution in [0.2, 0.25) is 0 Å². The molecule has 5 nitrogen and oxygen atoms in total. The normalized spacial score (nSPS) is 14.7. The Morgan fingerprint density at radius 3 is 2.62 bits per heavy atom. The lowest BCUT2D eigenvalue weighted by Gasteiger charge is -2.26. The van der Waals surface area contributed by atoms with Gasteiger partial charge in [0.2, 0.25) is 0 Å². The summed E-state index contributed by atoms with van der Waals surface area (Å²) in [5.41, 5.74) is 3.99. The second kappa shape index (κ2) is 7.80. The summed E-state index contributed by atoms with van der Waals surface area (Å²) < 4.78 is 26.4. The predicted molar refractivity (Wildman–Crippen MR) is 118 cm³/mol. The van der Waals surface area contributed by atoms with Crippen molar-refractivity contribution < 1.29 is 13.2 Å². The number of hydrogen-bond acceptors (Lipinski definition) is 5. The van der Waals surface area contributed by atoms with Gasteiger partial charge < -0.3 is 10.2 Å². The summed E-state index contributed by atoms with van der Waals surface area (Å²) >= 11 is 1.21. The number of hydrogen-bond donors (Lipinski definition) is 1. The molecule has 0 spiro atoms. The number of amides is 1. The van der Waals surface area contributed by atoms with Crippen LogP contribution < -0.4 is 10.2 Å². The number of nitrogens with one attached hydrogen (secondary N) is 1. The number of sulfone groups is 1. The first-order chi connectivity index (χ1) is 13.8. The van der Waals surface area contributed by atoms with Gasteiger partial charge >= 0.3 is 0 Å². The van der Waals surface area contributed by atoms with Crippen LogP contribution in [0.25, 0.3) is 11.1 Å². The highest BCUT2D eigenvalue weighted by atomic mass is 32.2. The maximum Gasteiger partial charge on any atom is 0.253 e. The van der Waals surface area contributed by atoms with Crippen molar-refractivity contribution in [3.63, 3.8) is 0 Å². The summed E-state index contributed by atoms with van der Waals surface area (Å²) in [7, 11) is -3.47. The smallest absolute Gasteiger partial charge is 0.253 e. The highest BCUT2D eigenvalue weighted by molar-refractivity contribution is 7.92. The first-order valence-electron chi connectivity index (χ1n) is 9.70. The third-order valence-electron chi connectivity index (χ3n) is 5.01. The van der Waals surface area contributed by atoms with Crippen LogP contribution in [-0.2, 0) is 15.6 Å². The molecule has 0 saturated carbocycles. The standard InChI is InChI=1S/C22H24N2O3S2/c1-15(2)12-24-9-8-23-22(25)19-10-17-13-28-20(11-18(17)21(19)24)29(26,27)14-16-6-4-3-5-7-16/h3-7,10-11,13,15H,8-9,12,14H2,1-2H3,(H,23,25). The van der Waals surface area contributed by atoms with Gasteiger partial charge in [0.1, 0.15) is 4.21 Å². The lowest BCUT2D eigenvalue weighted by Crippen LogP contribution is -2.32. The Labute approximate surface area is 175 Å². The number of nitrogens with zero attached hydrogens (tertiary/aromatic N) is 1. The SMILES string of the molecule is CC(C)CN1CCNC(=O)c2cc3csc(S(=O)(=O)Cc4ccccc4)cc-3c21. The molecule has 3 aliphatic rings. The molecule has 0 fully saturated rings. The molecule has 29 heavy (non-hydrogen) atoms. The van der Waals surface area contributed by atoms with E-state index in [1.807, 2.05) is 41.8 Å². The molecule has 1 aromatic rings. The summed E-state index contributed by atoms with van der Waals surface area (Å²) in [5, 5.41) is 4.80. The van der Waals surface area contributed by atoms with Crippen molar-refractivity contribution in [3.05, 3.63) is 59.0 Å². The molecule has 0 radical (unpaired) electrons. The van der Waals surface area contributed by atoms with E-state index in [1.165, 1.54) is 11.3 Å². The molecule has 152 valence electrons. The van der Waals surface area contributed by atoms with E-state index in [4.69, 9.17) is 0 Å². The van der Waals surface area contributed by atoms with Crippen LogP contribution in [-0.4, -0.2) is 34.0 Å². The number of carbonyl (C=O) groups is 1. The minimum absolute atomic E-state index is 0.0328. The molecule has 1 N–H and O–H groups in total. The average molecular weight is 429 g/mol. The van der Waals surface area contributed by atoms with Crippen molar-refractivity contribution in [2.75, 3.05) is 24.5 Å². The van der Waals surface area contributed by atoms with Crippen molar-refractivity contribution in [3.8, 4) is 11.1 Å². The summed E-state index contributed by atoms with van der Waals surface area (Å²) in [5.74, 6) is 0.296. The zero-order valence-corrected chi connectivity index (χ0v) is 18.1. The molecule has 0 atom stereocenters. The predicted octanol–water partition coefficient (Wildman–Crippen LogP) is 4.03. The summed E-state index contributed by atoms with van der Waals surface area (Å²) in [6.45, 7) is 6.38. The zero-order valence-electron chi connectivity index (χ0n) is 16.5. The van der Waals surface area contributed by atoms with Crippen molar-refractivity contribution >= 4 is 32.8 Å². The quantitative estimate of drug-likeness (QED) is 0.666. The van der Waals surface area contributed by atoms with E-state index >= 15 is 0 Å². The van der Waals surface area contributed by atoms with Gasteiger partial charge in [0.15, 0.2) is 9.84 Å². The number of anilines is 1. The summed E-state index contributed by atoms with van der Waals surface area (Å²) in [6, 6.07) is 12.8. The van der Waals surface area contributed by atoms with Crippen LogP contribution in [0.4, 0.5) is 5.69 Å².